The average molecular weight is 876 g/mol. The third-order valence-corrected chi connectivity index (χ3v) is 11.5. The number of carbonyl (C=O) groups excluding carboxylic acids is 4. The highest BCUT2D eigenvalue weighted by Gasteiger charge is 2.23. The van der Waals surface area contributed by atoms with Gasteiger partial charge in [-0.25, -0.2) is 24.6 Å². The van der Waals surface area contributed by atoms with Crippen LogP contribution in [0.4, 0.5) is 11.6 Å². The van der Waals surface area contributed by atoms with Gasteiger partial charge in [0.05, 0.1) is 12.7 Å². The molecule has 2 fully saturated rings. The molecule has 17 heteroatoms. The van der Waals surface area contributed by atoms with Crippen molar-refractivity contribution in [2.24, 2.45) is 11.8 Å². The highest BCUT2D eigenvalue weighted by molar-refractivity contribution is 6.15. The molecule has 0 atom stereocenters. The molecule has 65 heavy (non-hydrogen) atoms. The summed E-state index contributed by atoms with van der Waals surface area (Å²) in [6.07, 6.45) is 12.9. The Bertz CT molecular complexity index is 2790. The number of carbonyl (C=O) groups is 4. The van der Waals surface area contributed by atoms with Crippen LogP contribution >= 0.6 is 0 Å². The fraction of sp³-hybridized carbons (Fsp3) is 0.292. The molecule has 4 N–H and O–H groups in total. The predicted octanol–water partition coefficient (Wildman–Crippen LogP) is 6.03. The van der Waals surface area contributed by atoms with Gasteiger partial charge < -0.3 is 30.7 Å². The van der Waals surface area contributed by atoms with E-state index in [1.165, 1.54) is 24.8 Å². The molecule has 2 aliphatic heterocycles. The third kappa shape index (κ3) is 11.0. The van der Waals surface area contributed by atoms with Crippen LogP contribution in [0.1, 0.15) is 78.5 Å². The van der Waals surface area contributed by atoms with Crippen molar-refractivity contribution in [1.82, 2.24) is 45.6 Å². The molecule has 4 amide bonds. The second-order valence-electron chi connectivity index (χ2n) is 15.8. The molecule has 3 aromatic heterocycles. The second kappa shape index (κ2) is 21.2. The van der Waals surface area contributed by atoms with Crippen molar-refractivity contribution in [3.8, 4) is 0 Å². The highest BCUT2D eigenvalue weighted by atomic mass is 16.5. The van der Waals surface area contributed by atoms with Crippen molar-refractivity contribution < 1.29 is 28.7 Å². The Morgan fingerprint density at radius 3 is 1.57 bits per heavy atom. The van der Waals surface area contributed by atoms with Crippen LogP contribution in [0.25, 0.3) is 21.5 Å². The second-order valence-corrected chi connectivity index (χ2v) is 15.8. The lowest BCUT2D eigenvalue weighted by molar-refractivity contribution is 0.0642. The van der Waals surface area contributed by atoms with Crippen LogP contribution < -0.4 is 21.3 Å². The minimum atomic E-state index is -0.368. The van der Waals surface area contributed by atoms with Crippen molar-refractivity contribution in [2.75, 3.05) is 50.2 Å². The largest absolute Gasteiger partial charge is 0.381 e. The number of hydrogen-bond donors (Lipinski definition) is 4. The lowest BCUT2D eigenvalue weighted by atomic mass is 9.99. The van der Waals surface area contributed by atoms with E-state index >= 15 is 0 Å². The number of benzene rings is 4. The number of anilines is 2. The summed E-state index contributed by atoms with van der Waals surface area (Å²) in [5, 5.41) is 22.8. The number of nitrogens with one attached hydrogen (secondary N) is 4. The summed E-state index contributed by atoms with van der Waals surface area (Å²) in [6, 6.07) is 22.8. The van der Waals surface area contributed by atoms with Gasteiger partial charge in [-0.15, -0.1) is 5.10 Å². The molecule has 2 saturated heterocycles. The minimum absolute atomic E-state index is 0.0833. The van der Waals surface area contributed by atoms with Gasteiger partial charge in [-0.1, -0.05) is 65.9 Å². The zero-order valence-electron chi connectivity index (χ0n) is 35.9. The number of ether oxygens (including phenoxy) is 2. The van der Waals surface area contributed by atoms with Gasteiger partial charge in [-0.3, -0.25) is 19.2 Å². The molecule has 7 aromatic rings. The van der Waals surface area contributed by atoms with Gasteiger partial charge in [0.15, 0.2) is 23.0 Å². The number of aryl methyl sites for hydroxylation is 1. The Hall–Kier alpha value is -7.50. The number of amides is 4. The Kier molecular flexibility index (Phi) is 14.4. The number of fused-ring (bicyclic) bond motifs is 2. The molecule has 0 radical (unpaired) electrons. The summed E-state index contributed by atoms with van der Waals surface area (Å²) in [5.74, 6) is -0.389. The molecule has 17 nitrogen and oxygen atoms in total. The van der Waals surface area contributed by atoms with E-state index in [1.807, 2.05) is 67.6 Å². The van der Waals surface area contributed by atoms with Crippen molar-refractivity contribution >= 4 is 56.8 Å². The maximum absolute atomic E-state index is 13.3. The molecule has 5 heterocycles. The predicted molar refractivity (Wildman–Crippen MR) is 243 cm³/mol. The number of aromatic nitrogens is 7. The topological polar surface area (TPSA) is 217 Å². The highest BCUT2D eigenvalue weighted by Crippen LogP contribution is 2.26. The molecule has 0 spiro atoms. The summed E-state index contributed by atoms with van der Waals surface area (Å²) in [5.41, 5.74) is 3.29. The quantitative estimate of drug-likeness (QED) is 0.111. The Balaban J connectivity index is 0.000000179. The molecule has 2 aliphatic rings. The van der Waals surface area contributed by atoms with E-state index in [4.69, 9.17) is 9.47 Å². The average Bonchev–Trinajstić information content (AvgIpc) is 3.87. The summed E-state index contributed by atoms with van der Waals surface area (Å²) >= 11 is 0. The summed E-state index contributed by atoms with van der Waals surface area (Å²) < 4.78 is 12.5. The number of rotatable bonds is 12. The van der Waals surface area contributed by atoms with E-state index in [-0.39, 0.29) is 46.7 Å². The number of nitrogens with zero attached hydrogens (tertiary/aromatic N) is 7. The van der Waals surface area contributed by atoms with Crippen LogP contribution in [0.5, 0.6) is 0 Å². The van der Waals surface area contributed by atoms with Crippen molar-refractivity contribution in [1.29, 1.82) is 0 Å². The first kappa shape index (κ1) is 44.1. The van der Waals surface area contributed by atoms with Crippen LogP contribution in [0.2, 0.25) is 0 Å². The molecular weight excluding hydrogens is 827 g/mol. The van der Waals surface area contributed by atoms with Crippen LogP contribution in [-0.4, -0.2) is 98.1 Å². The third-order valence-electron chi connectivity index (χ3n) is 11.5. The van der Waals surface area contributed by atoms with Crippen molar-refractivity contribution in [3.05, 3.63) is 144 Å². The SMILES string of the molecule is Cc1ccc(C(=O)Nc2nccnc2C(=O)NCC2CCOCC2)c2ccccc12.O=C(NCC1CCOCC1)c1nccnc1NC(=O)c1ccc(Cn2ccnn2)c2ccccc12. The van der Waals surface area contributed by atoms with Crippen LogP contribution in [0.3, 0.4) is 0 Å². The molecule has 4 aromatic carbocycles. The van der Waals surface area contributed by atoms with Crippen LogP contribution in [0.15, 0.2) is 110 Å². The van der Waals surface area contributed by atoms with E-state index in [2.05, 4.69) is 51.5 Å². The molecule has 0 unspecified atom stereocenters. The van der Waals surface area contributed by atoms with E-state index in [1.54, 1.807) is 29.2 Å². The molecule has 9 rings (SSSR count). The molecule has 0 aliphatic carbocycles. The number of hydrogen-bond acceptors (Lipinski definition) is 12. The van der Waals surface area contributed by atoms with E-state index < -0.39 is 0 Å². The first-order chi connectivity index (χ1) is 31.8. The Labute approximate surface area is 374 Å². The van der Waals surface area contributed by atoms with Gasteiger partial charge >= 0.3 is 0 Å². The van der Waals surface area contributed by atoms with E-state index in [0.29, 0.717) is 55.8 Å². The normalized spacial score (nSPS) is 14.2. The van der Waals surface area contributed by atoms with Crippen LogP contribution in [0, 0.1) is 18.8 Å². The zero-order chi connectivity index (χ0) is 45.0. The fourth-order valence-electron chi connectivity index (χ4n) is 7.92. The van der Waals surface area contributed by atoms with E-state index in [9.17, 15) is 19.2 Å². The molecular formula is C48H49N11O6. The van der Waals surface area contributed by atoms with Crippen LogP contribution in [-0.2, 0) is 16.0 Å². The van der Waals surface area contributed by atoms with Gasteiger partial charge in [-0.05, 0) is 89.2 Å². The first-order valence-corrected chi connectivity index (χ1v) is 21.6. The lowest BCUT2D eigenvalue weighted by Crippen LogP contribution is -2.33. The van der Waals surface area contributed by atoms with Crippen molar-refractivity contribution in [3.63, 3.8) is 0 Å². The zero-order valence-corrected chi connectivity index (χ0v) is 35.9. The smallest absolute Gasteiger partial charge is 0.273 e. The first-order valence-electron chi connectivity index (χ1n) is 21.6. The monoisotopic (exact) mass is 875 g/mol. The van der Waals surface area contributed by atoms with Gasteiger partial charge in [0, 0.05) is 81.6 Å². The Morgan fingerprint density at radius 1 is 0.569 bits per heavy atom. The van der Waals surface area contributed by atoms with Gasteiger partial charge in [0.1, 0.15) is 0 Å². The van der Waals surface area contributed by atoms with Gasteiger partial charge in [0.2, 0.25) is 0 Å². The standard InChI is InChI=1S/C25H25N7O3.C23H24N4O3/c33-24(21-6-5-18(16-32-12-11-29-31-32)19-3-1-2-4-20(19)21)30-23-22(26-9-10-27-23)25(34)28-15-17-7-13-35-14-8-17;1-15-6-7-19(18-5-3-2-4-17(15)18)22(28)27-21-20(24-10-11-25-21)23(29)26-14-16-8-12-30-13-9-16/h1-6,9-12,17H,7-8,13-16H2,(H,28,34)(H,27,30,33);2-7,10-11,16H,8-9,12-14H2,1H3,(H,26,29)(H,25,27,28). The lowest BCUT2D eigenvalue weighted by Gasteiger charge is -2.22. The van der Waals surface area contributed by atoms with Gasteiger partial charge in [0.25, 0.3) is 23.6 Å². The van der Waals surface area contributed by atoms with Crippen molar-refractivity contribution in [2.45, 2.75) is 39.2 Å². The molecule has 0 bridgehead atoms. The molecule has 332 valence electrons. The molecule has 0 saturated carbocycles. The Morgan fingerprint density at radius 2 is 1.05 bits per heavy atom. The summed E-state index contributed by atoms with van der Waals surface area (Å²) in [6.45, 7) is 6.47. The minimum Gasteiger partial charge on any atom is -0.381 e. The van der Waals surface area contributed by atoms with Gasteiger partial charge in [-0.2, -0.15) is 0 Å². The summed E-state index contributed by atoms with van der Waals surface area (Å²) in [4.78, 5) is 68.5. The van der Waals surface area contributed by atoms with E-state index in [0.717, 1.165) is 71.6 Å². The summed E-state index contributed by atoms with van der Waals surface area (Å²) in [7, 11) is 0. The maximum Gasteiger partial charge on any atom is 0.273 e. The fourth-order valence-corrected chi connectivity index (χ4v) is 7.92. The maximum atomic E-state index is 13.3.